The van der Waals surface area contributed by atoms with Crippen LogP contribution in [0, 0.1) is 0 Å². The van der Waals surface area contributed by atoms with Crippen molar-refractivity contribution in [3.8, 4) is 11.5 Å². The molecule has 0 aliphatic heterocycles. The lowest BCUT2D eigenvalue weighted by atomic mass is 10.2. The quantitative estimate of drug-likeness (QED) is 0.880. The van der Waals surface area contributed by atoms with Crippen molar-refractivity contribution in [1.82, 2.24) is 15.1 Å². The van der Waals surface area contributed by atoms with Crippen LogP contribution in [-0.2, 0) is 6.54 Å². The van der Waals surface area contributed by atoms with E-state index in [0.29, 0.717) is 6.04 Å². The largest absolute Gasteiger partial charge is 0.454 e. The Bertz CT molecular complexity index is 505. The van der Waals surface area contributed by atoms with Crippen molar-refractivity contribution in [2.24, 2.45) is 0 Å². The first-order valence-electron chi connectivity index (χ1n) is 6.14. The smallest absolute Gasteiger partial charge is 0.165 e. The lowest BCUT2D eigenvalue weighted by molar-refractivity contribution is 0.476. The Morgan fingerprint density at radius 2 is 2.17 bits per heavy atom. The van der Waals surface area contributed by atoms with Gasteiger partial charge in [-0.25, -0.2) is 0 Å². The number of benzene rings is 1. The van der Waals surface area contributed by atoms with Gasteiger partial charge in [0.25, 0.3) is 0 Å². The Morgan fingerprint density at radius 1 is 1.33 bits per heavy atom. The normalized spacial score (nSPS) is 10.9. The van der Waals surface area contributed by atoms with Gasteiger partial charge in [-0.3, -0.25) is 4.68 Å². The summed E-state index contributed by atoms with van der Waals surface area (Å²) < 4.78 is 7.67. The van der Waals surface area contributed by atoms with Crippen molar-refractivity contribution in [1.29, 1.82) is 0 Å². The van der Waals surface area contributed by atoms with Crippen LogP contribution in [0.15, 0.2) is 36.7 Å². The molecule has 96 valence electrons. The number of aromatic nitrogens is 2. The molecule has 0 aliphatic rings. The van der Waals surface area contributed by atoms with Gasteiger partial charge in [0.15, 0.2) is 5.75 Å². The molecule has 0 fully saturated rings. The minimum Gasteiger partial charge on any atom is -0.454 e. The van der Waals surface area contributed by atoms with E-state index in [1.165, 1.54) is 5.56 Å². The van der Waals surface area contributed by atoms with Crippen LogP contribution in [0.4, 0.5) is 0 Å². The monoisotopic (exact) mass is 245 g/mol. The van der Waals surface area contributed by atoms with E-state index in [9.17, 15) is 0 Å². The zero-order valence-electron chi connectivity index (χ0n) is 11.1. The fourth-order valence-corrected chi connectivity index (χ4v) is 1.71. The predicted molar refractivity (Wildman–Crippen MR) is 71.9 cm³/mol. The molecule has 1 aromatic heterocycles. The second-order valence-corrected chi connectivity index (χ2v) is 4.53. The number of nitrogens with one attached hydrogen (secondary N) is 1. The molecule has 0 spiro atoms. The standard InChI is InChI=1S/C14H19N3O/c1-11(2)17-10-14(9-16-17)18-13-6-4-5-12(7-13)8-15-3/h4-7,9-11,15H,8H2,1-3H3. The first-order valence-corrected chi connectivity index (χ1v) is 6.14. The molecule has 0 aliphatic carbocycles. The summed E-state index contributed by atoms with van der Waals surface area (Å²) in [6, 6.07) is 8.39. The van der Waals surface area contributed by atoms with E-state index >= 15 is 0 Å². The number of hydrogen-bond acceptors (Lipinski definition) is 3. The molecule has 1 aromatic carbocycles. The van der Waals surface area contributed by atoms with Gasteiger partial charge in [0, 0.05) is 12.6 Å². The minimum atomic E-state index is 0.345. The summed E-state index contributed by atoms with van der Waals surface area (Å²) in [6.45, 7) is 5.01. The van der Waals surface area contributed by atoms with E-state index < -0.39 is 0 Å². The van der Waals surface area contributed by atoms with Crippen molar-refractivity contribution >= 4 is 0 Å². The molecule has 2 aromatic rings. The van der Waals surface area contributed by atoms with Gasteiger partial charge in [-0.05, 0) is 38.6 Å². The molecule has 0 atom stereocenters. The molecule has 4 heteroatoms. The molecule has 0 bridgehead atoms. The second-order valence-electron chi connectivity index (χ2n) is 4.53. The number of rotatable bonds is 5. The lowest BCUT2D eigenvalue weighted by Crippen LogP contribution is -2.04. The van der Waals surface area contributed by atoms with Crippen molar-refractivity contribution in [2.75, 3.05) is 7.05 Å². The maximum Gasteiger partial charge on any atom is 0.165 e. The maximum atomic E-state index is 5.79. The Morgan fingerprint density at radius 3 is 2.83 bits per heavy atom. The Labute approximate surface area is 108 Å². The van der Waals surface area contributed by atoms with Crippen LogP contribution in [0.25, 0.3) is 0 Å². The fraction of sp³-hybridized carbons (Fsp3) is 0.357. The van der Waals surface area contributed by atoms with Gasteiger partial charge in [-0.15, -0.1) is 0 Å². The lowest BCUT2D eigenvalue weighted by Gasteiger charge is -2.06. The van der Waals surface area contributed by atoms with Crippen molar-refractivity contribution in [2.45, 2.75) is 26.4 Å². The van der Waals surface area contributed by atoms with E-state index in [1.54, 1.807) is 6.20 Å². The molecule has 0 saturated carbocycles. The van der Waals surface area contributed by atoms with E-state index in [0.717, 1.165) is 18.0 Å². The molecule has 0 saturated heterocycles. The molecule has 0 amide bonds. The molecule has 1 N–H and O–H groups in total. The van der Waals surface area contributed by atoms with Gasteiger partial charge < -0.3 is 10.1 Å². The van der Waals surface area contributed by atoms with Crippen LogP contribution in [0.5, 0.6) is 11.5 Å². The number of hydrogen-bond donors (Lipinski definition) is 1. The molecule has 0 radical (unpaired) electrons. The number of ether oxygens (including phenoxy) is 1. The first kappa shape index (κ1) is 12.6. The third-order valence-corrected chi connectivity index (χ3v) is 2.62. The van der Waals surface area contributed by atoms with Gasteiger partial charge in [0.05, 0.1) is 12.4 Å². The number of nitrogens with zero attached hydrogens (tertiary/aromatic N) is 2. The predicted octanol–water partition coefficient (Wildman–Crippen LogP) is 2.98. The van der Waals surface area contributed by atoms with Gasteiger partial charge in [-0.2, -0.15) is 5.10 Å². The van der Waals surface area contributed by atoms with Gasteiger partial charge in [0.2, 0.25) is 0 Å². The highest BCUT2D eigenvalue weighted by molar-refractivity contribution is 5.32. The molecular weight excluding hydrogens is 226 g/mol. The third-order valence-electron chi connectivity index (χ3n) is 2.62. The highest BCUT2D eigenvalue weighted by Crippen LogP contribution is 2.22. The van der Waals surface area contributed by atoms with Gasteiger partial charge in [0.1, 0.15) is 5.75 Å². The fourth-order valence-electron chi connectivity index (χ4n) is 1.71. The zero-order valence-corrected chi connectivity index (χ0v) is 11.1. The summed E-state index contributed by atoms with van der Waals surface area (Å²) in [7, 11) is 1.93. The van der Waals surface area contributed by atoms with Gasteiger partial charge >= 0.3 is 0 Å². The summed E-state index contributed by atoms with van der Waals surface area (Å²) in [5.74, 6) is 1.61. The topological polar surface area (TPSA) is 39.1 Å². The highest BCUT2D eigenvalue weighted by Gasteiger charge is 2.04. The average molecular weight is 245 g/mol. The van der Waals surface area contributed by atoms with Crippen LogP contribution in [0.3, 0.4) is 0 Å². The van der Waals surface area contributed by atoms with E-state index in [4.69, 9.17) is 4.74 Å². The Hall–Kier alpha value is -1.81. The summed E-state index contributed by atoms with van der Waals surface area (Å²) in [5.41, 5.74) is 1.20. The van der Waals surface area contributed by atoms with Gasteiger partial charge in [-0.1, -0.05) is 12.1 Å². The summed E-state index contributed by atoms with van der Waals surface area (Å²) in [5, 5.41) is 7.37. The SMILES string of the molecule is CNCc1cccc(Oc2cnn(C(C)C)c2)c1. The molecule has 18 heavy (non-hydrogen) atoms. The summed E-state index contributed by atoms with van der Waals surface area (Å²) in [4.78, 5) is 0. The third kappa shape index (κ3) is 3.11. The Balaban J connectivity index is 2.10. The van der Waals surface area contributed by atoms with Crippen molar-refractivity contribution in [3.05, 3.63) is 42.2 Å². The molecule has 4 nitrogen and oxygen atoms in total. The van der Waals surface area contributed by atoms with Crippen LogP contribution >= 0.6 is 0 Å². The first-order chi connectivity index (χ1) is 8.69. The van der Waals surface area contributed by atoms with E-state index in [2.05, 4.69) is 30.3 Å². The summed E-state index contributed by atoms with van der Waals surface area (Å²) in [6.07, 6.45) is 3.65. The molecule has 2 rings (SSSR count). The molecule has 0 unspecified atom stereocenters. The minimum absolute atomic E-state index is 0.345. The van der Waals surface area contributed by atoms with Crippen LogP contribution in [-0.4, -0.2) is 16.8 Å². The van der Waals surface area contributed by atoms with E-state index in [-0.39, 0.29) is 0 Å². The molecular formula is C14H19N3O. The van der Waals surface area contributed by atoms with E-state index in [1.807, 2.05) is 36.1 Å². The van der Waals surface area contributed by atoms with Crippen molar-refractivity contribution in [3.63, 3.8) is 0 Å². The van der Waals surface area contributed by atoms with Crippen LogP contribution < -0.4 is 10.1 Å². The van der Waals surface area contributed by atoms with Crippen LogP contribution in [0.2, 0.25) is 0 Å². The summed E-state index contributed by atoms with van der Waals surface area (Å²) >= 11 is 0. The highest BCUT2D eigenvalue weighted by atomic mass is 16.5. The molecule has 1 heterocycles. The van der Waals surface area contributed by atoms with Crippen LogP contribution in [0.1, 0.15) is 25.5 Å². The zero-order chi connectivity index (χ0) is 13.0. The average Bonchev–Trinajstić information content (AvgIpc) is 2.78. The van der Waals surface area contributed by atoms with Crippen molar-refractivity contribution < 1.29 is 4.74 Å². The Kier molecular flexibility index (Phi) is 3.99. The second kappa shape index (κ2) is 5.69. The maximum absolute atomic E-state index is 5.79.